The average molecular weight is 685 g/mol. The number of ether oxygens (including phenoxy) is 2. The van der Waals surface area contributed by atoms with Gasteiger partial charge in [0, 0.05) is 13.0 Å². The van der Waals surface area contributed by atoms with Crippen molar-refractivity contribution < 1.29 is 33.1 Å². The lowest BCUT2D eigenvalue weighted by Crippen LogP contribution is -2.28. The van der Waals surface area contributed by atoms with Gasteiger partial charge in [-0.2, -0.15) is 0 Å². The van der Waals surface area contributed by atoms with Crippen molar-refractivity contribution in [2.75, 3.05) is 19.8 Å². The van der Waals surface area contributed by atoms with E-state index in [-0.39, 0.29) is 25.6 Å². The maximum atomic E-state index is 12.4. The number of phosphoric acid groups is 1. The molecule has 276 valence electrons. The summed E-state index contributed by atoms with van der Waals surface area (Å²) in [4.78, 5) is 30.5. The van der Waals surface area contributed by atoms with Crippen molar-refractivity contribution in [3.63, 3.8) is 0 Å². The summed E-state index contributed by atoms with van der Waals surface area (Å²) in [7, 11) is -4.65. The second-order valence-corrected chi connectivity index (χ2v) is 14.1. The minimum absolute atomic E-state index is 0.0709. The molecule has 0 unspecified atom stereocenters. The standard InChI is InChI=1S/C39H73O7P/c1-3-5-7-9-11-13-15-17-19-20-21-22-24-26-28-30-32-34-39(40)46-38(37-45-47(41,42)43)36-44-35-33-31-29-27-25-23-18-16-14-12-10-8-6-4-2/h11,13,17,19,21-22,38H,3-10,12,14-16,18,20,23-37H2,1-2H3,(H2,41,42,43)/b13-11-,19-17-,22-21-/t38-/m1/s1. The molecule has 0 rings (SSSR count). The van der Waals surface area contributed by atoms with Crippen LogP contribution in [0, 0.1) is 0 Å². The first-order chi connectivity index (χ1) is 22.9. The van der Waals surface area contributed by atoms with Gasteiger partial charge in [-0.1, -0.05) is 159 Å². The molecular weight excluding hydrogens is 611 g/mol. The van der Waals surface area contributed by atoms with E-state index in [9.17, 15) is 9.36 Å². The van der Waals surface area contributed by atoms with Crippen molar-refractivity contribution in [2.45, 2.75) is 187 Å². The maximum absolute atomic E-state index is 12.4. The van der Waals surface area contributed by atoms with E-state index in [4.69, 9.17) is 19.3 Å². The number of esters is 1. The molecule has 0 radical (unpaired) electrons. The molecule has 0 aromatic rings. The van der Waals surface area contributed by atoms with Gasteiger partial charge < -0.3 is 19.3 Å². The first-order valence-electron chi connectivity index (χ1n) is 19.3. The summed E-state index contributed by atoms with van der Waals surface area (Å²) in [5, 5.41) is 0. The van der Waals surface area contributed by atoms with E-state index >= 15 is 0 Å². The van der Waals surface area contributed by atoms with E-state index in [0.717, 1.165) is 57.8 Å². The normalized spacial score (nSPS) is 13.0. The fourth-order valence-corrected chi connectivity index (χ4v) is 5.69. The third kappa shape index (κ3) is 39.1. The van der Waals surface area contributed by atoms with E-state index in [0.29, 0.717) is 6.61 Å². The third-order valence-electron chi connectivity index (χ3n) is 8.19. The number of rotatable bonds is 36. The second-order valence-electron chi connectivity index (χ2n) is 12.9. The molecular formula is C39H73O7P. The molecule has 0 saturated heterocycles. The monoisotopic (exact) mass is 685 g/mol. The highest BCUT2D eigenvalue weighted by Gasteiger charge is 2.21. The predicted molar refractivity (Wildman–Crippen MR) is 198 cm³/mol. The lowest BCUT2D eigenvalue weighted by molar-refractivity contribution is -0.154. The number of carbonyl (C=O) groups excluding carboxylic acids is 1. The smallest absolute Gasteiger partial charge is 0.457 e. The van der Waals surface area contributed by atoms with Crippen molar-refractivity contribution in [1.29, 1.82) is 0 Å². The molecule has 0 fully saturated rings. The van der Waals surface area contributed by atoms with E-state index in [1.54, 1.807) is 0 Å². The fourth-order valence-electron chi connectivity index (χ4n) is 5.33. The number of hydrogen-bond donors (Lipinski definition) is 2. The van der Waals surface area contributed by atoms with Crippen LogP contribution >= 0.6 is 7.82 Å². The highest BCUT2D eigenvalue weighted by Crippen LogP contribution is 2.35. The van der Waals surface area contributed by atoms with E-state index < -0.39 is 13.9 Å². The van der Waals surface area contributed by atoms with Gasteiger partial charge in [0.05, 0.1) is 13.2 Å². The zero-order chi connectivity index (χ0) is 34.5. The molecule has 2 N–H and O–H groups in total. The lowest BCUT2D eigenvalue weighted by Gasteiger charge is -2.18. The lowest BCUT2D eigenvalue weighted by atomic mass is 10.0. The molecule has 0 spiro atoms. The Bertz CT molecular complexity index is 805. The Hall–Kier alpha value is -1.24. The fraction of sp³-hybridized carbons (Fsp3) is 0.821. The summed E-state index contributed by atoms with van der Waals surface area (Å²) in [5.41, 5.74) is 0. The summed E-state index contributed by atoms with van der Waals surface area (Å²) < 4.78 is 26.9. The van der Waals surface area contributed by atoms with Crippen LogP contribution in [-0.2, 0) is 23.4 Å². The first-order valence-corrected chi connectivity index (χ1v) is 20.8. The summed E-state index contributed by atoms with van der Waals surface area (Å²) in [6.07, 6.45) is 42.7. The van der Waals surface area contributed by atoms with Gasteiger partial charge in [-0.25, -0.2) is 4.57 Å². The molecule has 0 aliphatic carbocycles. The molecule has 0 aromatic heterocycles. The summed E-state index contributed by atoms with van der Waals surface area (Å²) >= 11 is 0. The molecule has 7 nitrogen and oxygen atoms in total. The van der Waals surface area contributed by atoms with Crippen LogP contribution < -0.4 is 0 Å². The average Bonchev–Trinajstić information content (AvgIpc) is 3.04. The first kappa shape index (κ1) is 45.8. The van der Waals surface area contributed by atoms with Gasteiger partial charge in [-0.3, -0.25) is 9.32 Å². The Morgan fingerprint density at radius 3 is 1.53 bits per heavy atom. The van der Waals surface area contributed by atoms with Crippen LogP contribution in [0.15, 0.2) is 36.5 Å². The van der Waals surface area contributed by atoms with Gasteiger partial charge in [0.2, 0.25) is 0 Å². The zero-order valence-corrected chi connectivity index (χ0v) is 31.3. The highest BCUT2D eigenvalue weighted by atomic mass is 31.2. The number of unbranched alkanes of at least 4 members (excludes halogenated alkanes) is 20. The maximum Gasteiger partial charge on any atom is 0.469 e. The molecule has 0 bridgehead atoms. The van der Waals surface area contributed by atoms with Crippen LogP contribution in [0.5, 0.6) is 0 Å². The SMILES string of the molecule is CCCCC/C=C\C/C=C\C/C=C\CCCCCCC(=O)O[C@H](COCCCCCCCCCCCCCCCC)COP(=O)(O)O. The molecule has 0 aromatic carbocycles. The Morgan fingerprint density at radius 1 is 0.574 bits per heavy atom. The Balaban J connectivity index is 3.88. The topological polar surface area (TPSA) is 102 Å². The minimum Gasteiger partial charge on any atom is -0.457 e. The third-order valence-corrected chi connectivity index (χ3v) is 8.68. The number of hydrogen-bond acceptors (Lipinski definition) is 5. The Labute approximate surface area is 289 Å². The van der Waals surface area contributed by atoms with E-state index in [2.05, 4.69) is 54.8 Å². The van der Waals surface area contributed by atoms with Gasteiger partial charge in [0.25, 0.3) is 0 Å². The van der Waals surface area contributed by atoms with Crippen molar-refractivity contribution in [3.8, 4) is 0 Å². The summed E-state index contributed by atoms with van der Waals surface area (Å²) in [6, 6.07) is 0. The molecule has 0 saturated carbocycles. The summed E-state index contributed by atoms with van der Waals surface area (Å²) in [5.74, 6) is -0.383. The zero-order valence-electron chi connectivity index (χ0n) is 30.4. The van der Waals surface area contributed by atoms with Crippen molar-refractivity contribution in [2.24, 2.45) is 0 Å². The molecule has 8 heteroatoms. The number of phosphoric ester groups is 1. The molecule has 1 atom stereocenters. The molecule has 0 aliphatic rings. The van der Waals surface area contributed by atoms with Gasteiger partial charge in [-0.05, 0) is 51.4 Å². The highest BCUT2D eigenvalue weighted by molar-refractivity contribution is 7.46. The molecule has 0 heterocycles. The van der Waals surface area contributed by atoms with Crippen molar-refractivity contribution in [3.05, 3.63) is 36.5 Å². The second kappa shape index (κ2) is 36.1. The largest absolute Gasteiger partial charge is 0.469 e. The van der Waals surface area contributed by atoms with Gasteiger partial charge in [-0.15, -0.1) is 0 Å². The van der Waals surface area contributed by atoms with Crippen LogP contribution in [0.2, 0.25) is 0 Å². The van der Waals surface area contributed by atoms with Crippen LogP contribution in [0.4, 0.5) is 0 Å². The predicted octanol–water partition coefficient (Wildman–Crippen LogP) is 11.9. The number of allylic oxidation sites excluding steroid dienone is 6. The van der Waals surface area contributed by atoms with Crippen molar-refractivity contribution in [1.82, 2.24) is 0 Å². The van der Waals surface area contributed by atoms with Gasteiger partial charge in [0.1, 0.15) is 6.10 Å². The van der Waals surface area contributed by atoms with Gasteiger partial charge >= 0.3 is 13.8 Å². The molecule has 47 heavy (non-hydrogen) atoms. The van der Waals surface area contributed by atoms with Crippen molar-refractivity contribution >= 4 is 13.8 Å². The van der Waals surface area contributed by atoms with Crippen LogP contribution in [0.3, 0.4) is 0 Å². The molecule has 0 aliphatic heterocycles. The summed E-state index contributed by atoms with van der Waals surface area (Å²) in [6.45, 7) is 4.71. The van der Waals surface area contributed by atoms with E-state index in [1.807, 2.05) is 0 Å². The minimum atomic E-state index is -4.65. The Morgan fingerprint density at radius 2 is 1.00 bits per heavy atom. The van der Waals surface area contributed by atoms with Gasteiger partial charge in [0.15, 0.2) is 0 Å². The van der Waals surface area contributed by atoms with Crippen LogP contribution in [-0.4, -0.2) is 41.7 Å². The Kier molecular flexibility index (Phi) is 35.1. The quantitative estimate of drug-likeness (QED) is 0.0293. The number of carbonyl (C=O) groups is 1. The molecule has 0 amide bonds. The van der Waals surface area contributed by atoms with Crippen LogP contribution in [0.25, 0.3) is 0 Å². The van der Waals surface area contributed by atoms with Crippen LogP contribution in [0.1, 0.15) is 181 Å². The van der Waals surface area contributed by atoms with E-state index in [1.165, 1.54) is 103 Å².